The van der Waals surface area contributed by atoms with Gasteiger partial charge in [-0.15, -0.1) is 0 Å². The van der Waals surface area contributed by atoms with E-state index in [0.29, 0.717) is 19.3 Å². The third-order valence-electron chi connectivity index (χ3n) is 5.27. The van der Waals surface area contributed by atoms with Gasteiger partial charge in [0.05, 0.1) is 12.2 Å². The second-order valence-electron chi connectivity index (χ2n) is 7.28. The van der Waals surface area contributed by atoms with Crippen molar-refractivity contribution in [2.24, 2.45) is 11.8 Å². The lowest BCUT2D eigenvalue weighted by Gasteiger charge is -2.20. The molecule has 1 rings (SSSR count). The Kier molecular flexibility index (Phi) is 11.9. The van der Waals surface area contributed by atoms with Gasteiger partial charge in [0.2, 0.25) is 0 Å². The second kappa shape index (κ2) is 13.7. The summed E-state index contributed by atoms with van der Waals surface area (Å²) in [4.78, 5) is 23.0. The van der Waals surface area contributed by atoms with Gasteiger partial charge < -0.3 is 14.6 Å². The molecule has 0 radical (unpaired) electrons. The molecule has 0 heterocycles. The molecule has 5 nitrogen and oxygen atoms in total. The molecule has 0 aromatic rings. The molecule has 0 aromatic heterocycles. The molecule has 4 atom stereocenters. The Morgan fingerprint density at radius 1 is 1.26 bits per heavy atom. The van der Waals surface area contributed by atoms with Gasteiger partial charge in [-0.25, -0.2) is 0 Å². The van der Waals surface area contributed by atoms with E-state index >= 15 is 0 Å². The summed E-state index contributed by atoms with van der Waals surface area (Å²) >= 11 is 0. The van der Waals surface area contributed by atoms with Gasteiger partial charge in [0.25, 0.3) is 0 Å². The summed E-state index contributed by atoms with van der Waals surface area (Å²) in [5.74, 6) is -0.536. The Morgan fingerprint density at radius 2 is 2.04 bits per heavy atom. The quantitative estimate of drug-likeness (QED) is 0.353. The van der Waals surface area contributed by atoms with Crippen LogP contribution in [0.5, 0.6) is 0 Å². The third-order valence-corrected chi connectivity index (χ3v) is 5.27. The van der Waals surface area contributed by atoms with Gasteiger partial charge in [-0.2, -0.15) is 0 Å². The SMILES string of the molecule is CCCCC[C@@H](/C=C/[C@H]1C(OC)CC(=O)[C@@H]1C/C=C\CCCC(=O)O)OC. The number of carboxylic acids is 1. The number of allylic oxidation sites excluding steroid dienone is 2. The number of methoxy groups -OCH3 is 2. The number of carboxylic acid groups (broad SMARTS) is 1. The molecule has 0 spiro atoms. The molecule has 1 fully saturated rings. The van der Waals surface area contributed by atoms with E-state index in [4.69, 9.17) is 14.6 Å². The normalized spacial score (nSPS) is 24.3. The monoisotopic (exact) mass is 380 g/mol. The van der Waals surface area contributed by atoms with E-state index in [1.165, 1.54) is 12.8 Å². The van der Waals surface area contributed by atoms with Crippen LogP contribution in [0.1, 0.15) is 64.7 Å². The molecule has 27 heavy (non-hydrogen) atoms. The standard InChI is InChI=1S/C22H36O5/c1-4-5-8-11-17(26-2)14-15-19-18(20(23)16-21(19)27-3)12-9-6-7-10-13-22(24)25/h6,9,14-15,17-19,21H,4-5,7-8,10-13,16H2,1-3H3,(H,24,25)/b9-6-,15-14+/t17-,18+,19+,21?/m0/s1. The summed E-state index contributed by atoms with van der Waals surface area (Å²) in [5, 5.41) is 8.66. The van der Waals surface area contributed by atoms with Crippen LogP contribution in [0.15, 0.2) is 24.3 Å². The second-order valence-corrected chi connectivity index (χ2v) is 7.28. The predicted molar refractivity (Wildman–Crippen MR) is 107 cm³/mol. The van der Waals surface area contributed by atoms with Crippen LogP contribution in [0.3, 0.4) is 0 Å². The van der Waals surface area contributed by atoms with Crippen LogP contribution < -0.4 is 0 Å². The first-order valence-electron chi connectivity index (χ1n) is 10.2. The maximum absolute atomic E-state index is 12.4. The van der Waals surface area contributed by atoms with Crippen molar-refractivity contribution >= 4 is 11.8 Å². The number of aliphatic carboxylic acids is 1. The van der Waals surface area contributed by atoms with E-state index in [2.05, 4.69) is 19.1 Å². The highest BCUT2D eigenvalue weighted by Gasteiger charge is 2.40. The Hall–Kier alpha value is -1.46. The van der Waals surface area contributed by atoms with Crippen LogP contribution in [0, 0.1) is 11.8 Å². The molecule has 0 saturated heterocycles. The zero-order valence-corrected chi connectivity index (χ0v) is 17.1. The van der Waals surface area contributed by atoms with Crippen molar-refractivity contribution in [2.45, 2.75) is 76.9 Å². The van der Waals surface area contributed by atoms with Gasteiger partial charge in [0, 0.05) is 38.9 Å². The summed E-state index contributed by atoms with van der Waals surface area (Å²) < 4.78 is 11.1. The van der Waals surface area contributed by atoms with Gasteiger partial charge in [-0.05, 0) is 25.7 Å². The molecule has 154 valence electrons. The highest BCUT2D eigenvalue weighted by molar-refractivity contribution is 5.84. The highest BCUT2D eigenvalue weighted by atomic mass is 16.5. The maximum atomic E-state index is 12.4. The minimum absolute atomic E-state index is 0.0648. The Morgan fingerprint density at radius 3 is 2.67 bits per heavy atom. The van der Waals surface area contributed by atoms with E-state index < -0.39 is 5.97 Å². The molecule has 0 aromatic carbocycles. The minimum Gasteiger partial charge on any atom is -0.481 e. The summed E-state index contributed by atoms with van der Waals surface area (Å²) in [6.45, 7) is 2.19. The number of hydrogen-bond acceptors (Lipinski definition) is 4. The summed E-state index contributed by atoms with van der Waals surface area (Å²) in [6.07, 6.45) is 15.4. The van der Waals surface area contributed by atoms with E-state index in [9.17, 15) is 9.59 Å². The molecule has 0 bridgehead atoms. The van der Waals surface area contributed by atoms with Crippen LogP contribution in [-0.2, 0) is 19.1 Å². The van der Waals surface area contributed by atoms with Gasteiger partial charge in [-0.1, -0.05) is 50.5 Å². The van der Waals surface area contributed by atoms with Crippen molar-refractivity contribution in [1.82, 2.24) is 0 Å². The fourth-order valence-corrected chi connectivity index (χ4v) is 3.62. The number of hydrogen-bond donors (Lipinski definition) is 1. The van der Waals surface area contributed by atoms with Crippen molar-refractivity contribution in [2.75, 3.05) is 14.2 Å². The van der Waals surface area contributed by atoms with Gasteiger partial charge in [0.1, 0.15) is 5.78 Å². The Labute approximate surface area is 163 Å². The lowest BCUT2D eigenvalue weighted by atomic mass is 9.90. The first-order valence-corrected chi connectivity index (χ1v) is 10.2. The smallest absolute Gasteiger partial charge is 0.303 e. The number of rotatable bonds is 14. The molecule has 0 aliphatic heterocycles. The van der Waals surface area contributed by atoms with Crippen molar-refractivity contribution < 1.29 is 24.2 Å². The third kappa shape index (κ3) is 8.85. The molecule has 1 unspecified atom stereocenters. The Balaban J connectivity index is 2.62. The number of unbranched alkanes of at least 4 members (excludes halogenated alkanes) is 3. The van der Waals surface area contributed by atoms with E-state index in [-0.39, 0.29) is 36.2 Å². The fraction of sp³-hybridized carbons (Fsp3) is 0.727. The predicted octanol–water partition coefficient (Wildman–Crippen LogP) is 4.56. The van der Waals surface area contributed by atoms with Crippen molar-refractivity contribution in [1.29, 1.82) is 0 Å². The highest BCUT2D eigenvalue weighted by Crippen LogP contribution is 2.35. The zero-order valence-electron chi connectivity index (χ0n) is 17.1. The largest absolute Gasteiger partial charge is 0.481 e. The van der Waals surface area contributed by atoms with Crippen LogP contribution in [0.25, 0.3) is 0 Å². The number of ether oxygens (including phenoxy) is 2. The molecule has 0 amide bonds. The molecular weight excluding hydrogens is 344 g/mol. The minimum atomic E-state index is -0.769. The molecule has 5 heteroatoms. The topological polar surface area (TPSA) is 72.8 Å². The fourth-order valence-electron chi connectivity index (χ4n) is 3.62. The first-order chi connectivity index (χ1) is 13.0. The number of carbonyl (C=O) groups is 2. The lowest BCUT2D eigenvalue weighted by Crippen LogP contribution is -2.20. The number of ketones is 1. The van der Waals surface area contributed by atoms with Crippen LogP contribution in [-0.4, -0.2) is 43.3 Å². The van der Waals surface area contributed by atoms with E-state index in [1.807, 2.05) is 12.2 Å². The summed E-state index contributed by atoms with van der Waals surface area (Å²) in [7, 11) is 3.39. The van der Waals surface area contributed by atoms with Crippen LogP contribution in [0.2, 0.25) is 0 Å². The van der Waals surface area contributed by atoms with Crippen LogP contribution in [0.4, 0.5) is 0 Å². The first kappa shape index (κ1) is 23.6. The van der Waals surface area contributed by atoms with Crippen LogP contribution >= 0.6 is 0 Å². The summed E-state index contributed by atoms with van der Waals surface area (Å²) in [5.41, 5.74) is 0. The lowest BCUT2D eigenvalue weighted by molar-refractivity contribution is -0.137. The van der Waals surface area contributed by atoms with Gasteiger partial charge in [0.15, 0.2) is 0 Å². The average molecular weight is 381 g/mol. The average Bonchev–Trinajstić information content (AvgIpc) is 2.95. The number of carbonyl (C=O) groups excluding carboxylic acids is 1. The molecule has 1 saturated carbocycles. The van der Waals surface area contributed by atoms with Crippen molar-refractivity contribution in [3.05, 3.63) is 24.3 Å². The van der Waals surface area contributed by atoms with Crippen molar-refractivity contribution in [3.8, 4) is 0 Å². The van der Waals surface area contributed by atoms with E-state index in [1.54, 1.807) is 14.2 Å². The molecular formula is C22H36O5. The molecule has 1 N–H and O–H groups in total. The Bertz CT molecular complexity index is 497. The van der Waals surface area contributed by atoms with Crippen molar-refractivity contribution in [3.63, 3.8) is 0 Å². The maximum Gasteiger partial charge on any atom is 0.303 e. The molecule has 1 aliphatic carbocycles. The molecule has 1 aliphatic rings. The zero-order chi connectivity index (χ0) is 20.1. The summed E-state index contributed by atoms with van der Waals surface area (Å²) in [6, 6.07) is 0. The van der Waals surface area contributed by atoms with E-state index in [0.717, 1.165) is 19.3 Å². The van der Waals surface area contributed by atoms with Gasteiger partial charge in [-0.3, -0.25) is 9.59 Å². The van der Waals surface area contributed by atoms with Gasteiger partial charge >= 0.3 is 5.97 Å². The number of Topliss-reactive ketones (excluding diaryl/α,β-unsaturated/α-hetero) is 1.